The largest absolute Gasteiger partial charge is 0.346 e. The summed E-state index contributed by atoms with van der Waals surface area (Å²) in [6, 6.07) is 6.60. The summed E-state index contributed by atoms with van der Waals surface area (Å²) in [5.41, 5.74) is 3.96. The van der Waals surface area contributed by atoms with E-state index >= 15 is 0 Å². The molecule has 1 aliphatic carbocycles. The lowest BCUT2D eigenvalue weighted by atomic mass is 9.90. The van der Waals surface area contributed by atoms with E-state index in [1.807, 2.05) is 0 Å². The summed E-state index contributed by atoms with van der Waals surface area (Å²) in [7, 11) is 0. The molecule has 1 spiro atoms. The molecule has 0 bridgehead atoms. The van der Waals surface area contributed by atoms with Gasteiger partial charge in [-0.1, -0.05) is 25.1 Å². The molecule has 1 aromatic rings. The highest BCUT2D eigenvalue weighted by molar-refractivity contribution is 5.83. The monoisotopic (exact) mass is 201 g/mol. The van der Waals surface area contributed by atoms with E-state index in [1.54, 1.807) is 0 Å². The minimum Gasteiger partial charge on any atom is -0.346 e. The van der Waals surface area contributed by atoms with Gasteiger partial charge in [0.2, 0.25) is 5.91 Å². The summed E-state index contributed by atoms with van der Waals surface area (Å²) in [5.74, 6) is 0.188. The Hall–Kier alpha value is -1.31. The number of nitrogens with one attached hydrogen (secondary N) is 1. The second-order valence-electron chi connectivity index (χ2n) is 4.65. The van der Waals surface area contributed by atoms with E-state index in [0.29, 0.717) is 6.42 Å². The van der Waals surface area contributed by atoms with Gasteiger partial charge < -0.3 is 5.32 Å². The van der Waals surface area contributed by atoms with E-state index in [1.165, 1.54) is 16.7 Å². The maximum Gasteiger partial charge on any atom is 0.225 e. The van der Waals surface area contributed by atoms with Gasteiger partial charge in [0, 0.05) is 0 Å². The van der Waals surface area contributed by atoms with Gasteiger partial charge in [-0.3, -0.25) is 4.79 Å². The summed E-state index contributed by atoms with van der Waals surface area (Å²) in [6.45, 7) is 2.15. The molecule has 15 heavy (non-hydrogen) atoms. The highest BCUT2D eigenvalue weighted by Gasteiger charge is 2.49. The number of aryl methyl sites for hydroxylation is 1. The van der Waals surface area contributed by atoms with Crippen molar-refractivity contribution >= 4 is 5.91 Å². The first-order valence-corrected chi connectivity index (χ1v) is 5.67. The molecule has 1 amide bonds. The number of benzene rings is 1. The van der Waals surface area contributed by atoms with Crippen LogP contribution in [0.25, 0.3) is 0 Å². The van der Waals surface area contributed by atoms with Crippen molar-refractivity contribution in [3.05, 3.63) is 34.9 Å². The molecule has 2 aliphatic rings. The van der Waals surface area contributed by atoms with Crippen LogP contribution in [0, 0.1) is 0 Å². The Bertz CT molecular complexity index is 432. The molecule has 1 saturated carbocycles. The van der Waals surface area contributed by atoms with Gasteiger partial charge in [0.25, 0.3) is 0 Å². The topological polar surface area (TPSA) is 29.1 Å². The third-order valence-electron chi connectivity index (χ3n) is 3.57. The van der Waals surface area contributed by atoms with Crippen LogP contribution in [-0.4, -0.2) is 5.91 Å². The first kappa shape index (κ1) is 8.96. The van der Waals surface area contributed by atoms with E-state index < -0.39 is 0 Å². The molecule has 0 atom stereocenters. The number of hydrogen-bond acceptors (Lipinski definition) is 1. The first-order chi connectivity index (χ1) is 7.23. The highest BCUT2D eigenvalue weighted by Crippen LogP contribution is 2.48. The van der Waals surface area contributed by atoms with Crippen molar-refractivity contribution in [1.82, 2.24) is 5.32 Å². The number of carbonyl (C=O) groups is 1. The molecule has 2 nitrogen and oxygen atoms in total. The molecule has 0 saturated heterocycles. The van der Waals surface area contributed by atoms with E-state index in [0.717, 1.165) is 19.3 Å². The number of rotatable bonds is 1. The van der Waals surface area contributed by atoms with Gasteiger partial charge in [-0.15, -0.1) is 0 Å². The predicted octanol–water partition coefficient (Wildman–Crippen LogP) is 1.91. The fourth-order valence-corrected chi connectivity index (χ4v) is 2.55. The predicted molar refractivity (Wildman–Crippen MR) is 58.6 cm³/mol. The van der Waals surface area contributed by atoms with Gasteiger partial charge in [0.15, 0.2) is 0 Å². The zero-order valence-corrected chi connectivity index (χ0v) is 8.97. The number of carbonyl (C=O) groups excluding carboxylic acids is 1. The molecule has 1 heterocycles. The van der Waals surface area contributed by atoms with Crippen LogP contribution in [0.15, 0.2) is 18.2 Å². The molecular weight excluding hydrogens is 186 g/mol. The Morgan fingerprint density at radius 1 is 1.40 bits per heavy atom. The third-order valence-corrected chi connectivity index (χ3v) is 3.57. The maximum absolute atomic E-state index is 11.6. The lowest BCUT2D eigenvalue weighted by molar-refractivity contribution is -0.122. The summed E-state index contributed by atoms with van der Waals surface area (Å²) in [6.07, 6.45) is 3.82. The SMILES string of the molecule is CCc1ccc2c(c1)CC(=O)NC21CC1. The van der Waals surface area contributed by atoms with E-state index in [4.69, 9.17) is 0 Å². The Morgan fingerprint density at radius 2 is 2.20 bits per heavy atom. The van der Waals surface area contributed by atoms with Crippen LogP contribution in [0.3, 0.4) is 0 Å². The smallest absolute Gasteiger partial charge is 0.225 e. The van der Waals surface area contributed by atoms with Crippen molar-refractivity contribution in [3.8, 4) is 0 Å². The molecule has 78 valence electrons. The molecule has 0 unspecified atom stereocenters. The molecule has 0 radical (unpaired) electrons. The standard InChI is InChI=1S/C13H15NO/c1-2-9-3-4-11-10(7-9)8-12(15)14-13(11)5-6-13/h3-4,7H,2,5-6,8H2,1H3,(H,14,15). The van der Waals surface area contributed by atoms with Crippen molar-refractivity contribution in [1.29, 1.82) is 0 Å². The van der Waals surface area contributed by atoms with Gasteiger partial charge in [-0.05, 0) is 36.0 Å². The summed E-state index contributed by atoms with van der Waals surface area (Å²) >= 11 is 0. The average molecular weight is 201 g/mol. The number of fused-ring (bicyclic) bond motifs is 2. The second-order valence-corrected chi connectivity index (χ2v) is 4.65. The van der Waals surface area contributed by atoms with Crippen LogP contribution in [0.5, 0.6) is 0 Å². The van der Waals surface area contributed by atoms with Gasteiger partial charge in [-0.2, -0.15) is 0 Å². The third kappa shape index (κ3) is 1.28. The van der Waals surface area contributed by atoms with E-state index in [-0.39, 0.29) is 11.4 Å². The zero-order valence-electron chi connectivity index (χ0n) is 8.97. The molecule has 0 aromatic heterocycles. The molecule has 1 N–H and O–H groups in total. The Labute approximate surface area is 89.7 Å². The fraction of sp³-hybridized carbons (Fsp3) is 0.462. The van der Waals surface area contributed by atoms with Crippen LogP contribution < -0.4 is 5.32 Å². The van der Waals surface area contributed by atoms with Gasteiger partial charge in [0.1, 0.15) is 0 Å². The molecule has 1 aromatic carbocycles. The van der Waals surface area contributed by atoms with Crippen molar-refractivity contribution in [2.24, 2.45) is 0 Å². The minimum absolute atomic E-state index is 0.0247. The molecule has 1 aliphatic heterocycles. The van der Waals surface area contributed by atoms with Crippen molar-refractivity contribution in [3.63, 3.8) is 0 Å². The van der Waals surface area contributed by atoms with Crippen LogP contribution >= 0.6 is 0 Å². The van der Waals surface area contributed by atoms with Crippen molar-refractivity contribution in [2.75, 3.05) is 0 Å². The van der Waals surface area contributed by atoms with Crippen LogP contribution in [0.4, 0.5) is 0 Å². The van der Waals surface area contributed by atoms with Gasteiger partial charge in [0.05, 0.1) is 12.0 Å². The number of amides is 1. The van der Waals surface area contributed by atoms with Crippen LogP contribution in [0.2, 0.25) is 0 Å². The lowest BCUT2D eigenvalue weighted by Gasteiger charge is -2.26. The van der Waals surface area contributed by atoms with Crippen LogP contribution in [-0.2, 0) is 23.2 Å². The normalized spacial score (nSPS) is 21.0. The molecule has 1 fully saturated rings. The van der Waals surface area contributed by atoms with Crippen molar-refractivity contribution < 1.29 is 4.79 Å². The van der Waals surface area contributed by atoms with Crippen LogP contribution in [0.1, 0.15) is 36.5 Å². The Kier molecular flexibility index (Phi) is 1.70. The molecular formula is C13H15NO. The second kappa shape index (κ2) is 2.84. The average Bonchev–Trinajstić information content (AvgIpc) is 2.97. The molecule has 2 heteroatoms. The summed E-state index contributed by atoms with van der Waals surface area (Å²) < 4.78 is 0. The maximum atomic E-state index is 11.6. The first-order valence-electron chi connectivity index (χ1n) is 5.67. The Morgan fingerprint density at radius 3 is 2.87 bits per heavy atom. The Balaban J connectivity index is 2.11. The highest BCUT2D eigenvalue weighted by atomic mass is 16.1. The zero-order chi connectivity index (χ0) is 10.5. The fourth-order valence-electron chi connectivity index (χ4n) is 2.55. The summed E-state index contributed by atoms with van der Waals surface area (Å²) in [5, 5.41) is 3.12. The number of hydrogen-bond donors (Lipinski definition) is 1. The van der Waals surface area contributed by atoms with E-state index in [9.17, 15) is 4.79 Å². The van der Waals surface area contributed by atoms with Gasteiger partial charge in [-0.25, -0.2) is 0 Å². The summed E-state index contributed by atoms with van der Waals surface area (Å²) in [4.78, 5) is 11.6. The lowest BCUT2D eigenvalue weighted by Crippen LogP contribution is -2.41. The quantitative estimate of drug-likeness (QED) is 0.739. The van der Waals surface area contributed by atoms with Gasteiger partial charge >= 0.3 is 0 Å². The van der Waals surface area contributed by atoms with E-state index in [2.05, 4.69) is 30.4 Å². The van der Waals surface area contributed by atoms with Crippen molar-refractivity contribution in [2.45, 2.75) is 38.1 Å². The minimum atomic E-state index is 0.0247. The molecule has 3 rings (SSSR count).